The summed E-state index contributed by atoms with van der Waals surface area (Å²) < 4.78 is 85.5. The van der Waals surface area contributed by atoms with E-state index in [1.165, 1.54) is 48.5 Å². The molecule has 0 atom stereocenters. The zero-order chi connectivity index (χ0) is 30.8. The van der Waals surface area contributed by atoms with E-state index in [0.29, 0.717) is 16.9 Å². The minimum atomic E-state index is -4.38. The van der Waals surface area contributed by atoms with Gasteiger partial charge in [0.05, 0.1) is 37.4 Å². The second-order valence-electron chi connectivity index (χ2n) is 8.80. The van der Waals surface area contributed by atoms with Crippen molar-refractivity contribution in [3.63, 3.8) is 0 Å². The molecule has 0 spiro atoms. The SMILES string of the molecule is Nc1cc(N)cc(C(=O)OCCCOC(=O)/C=C/c2ccc(OC(F)(F)c3ccc(OCCC(F)(F)F)cc3)cc2)c1. The lowest BCUT2D eigenvalue weighted by atomic mass is 10.2. The summed E-state index contributed by atoms with van der Waals surface area (Å²) in [5.74, 6) is -1.43. The van der Waals surface area contributed by atoms with Gasteiger partial charge in [-0.15, -0.1) is 0 Å². The van der Waals surface area contributed by atoms with Gasteiger partial charge in [0.25, 0.3) is 0 Å². The van der Waals surface area contributed by atoms with E-state index >= 15 is 0 Å². The van der Waals surface area contributed by atoms with Crippen molar-refractivity contribution in [2.24, 2.45) is 0 Å². The Balaban J connectivity index is 1.40. The first-order valence-electron chi connectivity index (χ1n) is 12.5. The summed E-state index contributed by atoms with van der Waals surface area (Å²) in [5.41, 5.74) is 12.1. The first kappa shape index (κ1) is 31.7. The van der Waals surface area contributed by atoms with E-state index < -0.39 is 42.8 Å². The van der Waals surface area contributed by atoms with Crippen LogP contribution in [0.2, 0.25) is 0 Å². The number of alkyl halides is 5. The molecule has 0 saturated heterocycles. The first-order chi connectivity index (χ1) is 19.8. The van der Waals surface area contributed by atoms with Gasteiger partial charge >= 0.3 is 24.2 Å². The van der Waals surface area contributed by atoms with Crippen molar-refractivity contribution >= 4 is 29.4 Å². The Hall–Kier alpha value is -4.81. The van der Waals surface area contributed by atoms with Gasteiger partial charge in [0.15, 0.2) is 0 Å². The fourth-order valence-electron chi connectivity index (χ4n) is 3.37. The average Bonchev–Trinajstić information content (AvgIpc) is 2.91. The summed E-state index contributed by atoms with van der Waals surface area (Å²) in [4.78, 5) is 23.9. The first-order valence-corrected chi connectivity index (χ1v) is 12.5. The molecule has 224 valence electrons. The molecular weight excluding hydrogens is 567 g/mol. The molecule has 3 aromatic carbocycles. The molecule has 4 N–H and O–H groups in total. The molecule has 0 aromatic heterocycles. The molecule has 0 heterocycles. The maximum atomic E-state index is 14.5. The van der Waals surface area contributed by atoms with E-state index in [9.17, 15) is 31.5 Å². The van der Waals surface area contributed by atoms with E-state index in [2.05, 4.69) is 0 Å². The monoisotopic (exact) mass is 594 g/mol. The maximum absolute atomic E-state index is 14.5. The molecule has 0 aliphatic heterocycles. The van der Waals surface area contributed by atoms with Crippen molar-refractivity contribution in [2.45, 2.75) is 25.1 Å². The number of ether oxygens (including phenoxy) is 4. The molecule has 8 nitrogen and oxygen atoms in total. The highest BCUT2D eigenvalue weighted by Crippen LogP contribution is 2.33. The van der Waals surface area contributed by atoms with E-state index in [1.807, 2.05) is 0 Å². The second-order valence-corrected chi connectivity index (χ2v) is 8.80. The van der Waals surface area contributed by atoms with Crippen LogP contribution in [0.4, 0.5) is 33.3 Å². The molecule has 0 aliphatic rings. The standard InChI is InChI=1S/C29H27F5N2O6/c30-28(31,32)12-15-39-24-9-5-21(6-10-24)29(33,34)42-25-7-2-19(3-8-25)4-11-26(37)40-13-1-14-41-27(38)20-16-22(35)18-23(36)17-20/h2-11,16-18H,1,12-15,35-36H2/b11-4+. The summed E-state index contributed by atoms with van der Waals surface area (Å²) in [7, 11) is 0. The smallest absolute Gasteiger partial charge is 0.426 e. The van der Waals surface area contributed by atoms with Crippen LogP contribution in [-0.4, -0.2) is 37.9 Å². The topological polar surface area (TPSA) is 123 Å². The number of halogens is 5. The fourth-order valence-corrected chi connectivity index (χ4v) is 3.37. The second kappa shape index (κ2) is 14.2. The van der Waals surface area contributed by atoms with Crippen molar-refractivity contribution in [1.82, 2.24) is 0 Å². The van der Waals surface area contributed by atoms with Crippen LogP contribution < -0.4 is 20.9 Å². The number of esters is 2. The highest BCUT2D eigenvalue weighted by atomic mass is 19.4. The Labute approximate surface area is 237 Å². The molecule has 0 amide bonds. The van der Waals surface area contributed by atoms with E-state index in [4.69, 9.17) is 30.4 Å². The van der Waals surface area contributed by atoms with Gasteiger partial charge in [0.2, 0.25) is 0 Å². The molecule has 13 heteroatoms. The Morgan fingerprint density at radius 1 is 0.762 bits per heavy atom. The summed E-state index contributed by atoms with van der Waals surface area (Å²) >= 11 is 0. The van der Waals surface area contributed by atoms with E-state index in [1.54, 1.807) is 0 Å². The Bertz CT molecular complexity index is 1360. The van der Waals surface area contributed by atoms with E-state index in [-0.39, 0.29) is 36.7 Å². The van der Waals surface area contributed by atoms with Crippen molar-refractivity contribution in [3.8, 4) is 11.5 Å². The van der Waals surface area contributed by atoms with Crippen LogP contribution in [0.3, 0.4) is 0 Å². The highest BCUT2D eigenvalue weighted by Gasteiger charge is 2.34. The predicted octanol–water partition coefficient (Wildman–Crippen LogP) is 6.11. The molecule has 0 unspecified atom stereocenters. The number of nitrogens with two attached hydrogens (primary N) is 2. The molecule has 0 saturated carbocycles. The molecule has 0 bridgehead atoms. The van der Waals surface area contributed by atoms with Gasteiger partial charge in [-0.1, -0.05) is 12.1 Å². The highest BCUT2D eigenvalue weighted by molar-refractivity contribution is 5.91. The number of rotatable bonds is 13. The molecule has 0 radical (unpaired) electrons. The third kappa shape index (κ3) is 10.6. The van der Waals surface area contributed by atoms with Gasteiger partial charge in [0, 0.05) is 23.9 Å². The maximum Gasteiger partial charge on any atom is 0.426 e. The van der Waals surface area contributed by atoms with Crippen LogP contribution in [0, 0.1) is 0 Å². The minimum absolute atomic E-state index is 0.00346. The normalized spacial score (nSPS) is 11.7. The Morgan fingerprint density at radius 2 is 1.36 bits per heavy atom. The van der Waals surface area contributed by atoms with Crippen molar-refractivity contribution in [1.29, 1.82) is 0 Å². The molecule has 0 fully saturated rings. The third-order valence-corrected chi connectivity index (χ3v) is 5.36. The number of benzene rings is 3. The summed E-state index contributed by atoms with van der Waals surface area (Å²) in [6.07, 6.45) is -6.48. The van der Waals surface area contributed by atoms with Gasteiger partial charge in [-0.2, -0.15) is 22.0 Å². The molecular formula is C29H27F5N2O6. The summed E-state index contributed by atoms with van der Waals surface area (Å²) in [6, 6.07) is 14.0. The van der Waals surface area contributed by atoms with Crippen molar-refractivity contribution in [3.05, 3.63) is 89.5 Å². The number of nitrogen functional groups attached to an aromatic ring is 2. The lowest BCUT2D eigenvalue weighted by Crippen LogP contribution is -2.21. The van der Waals surface area contributed by atoms with E-state index in [0.717, 1.165) is 30.3 Å². The van der Waals surface area contributed by atoms with Gasteiger partial charge in [-0.3, -0.25) is 0 Å². The van der Waals surface area contributed by atoms with Crippen LogP contribution in [0.25, 0.3) is 6.08 Å². The summed E-state index contributed by atoms with van der Waals surface area (Å²) in [5, 5.41) is 0. The quantitative estimate of drug-likeness (QED) is 0.0799. The zero-order valence-electron chi connectivity index (χ0n) is 22.0. The van der Waals surface area contributed by atoms with Crippen LogP contribution >= 0.6 is 0 Å². The minimum Gasteiger partial charge on any atom is -0.493 e. The average molecular weight is 595 g/mol. The molecule has 42 heavy (non-hydrogen) atoms. The zero-order valence-corrected chi connectivity index (χ0v) is 22.0. The third-order valence-electron chi connectivity index (χ3n) is 5.36. The van der Waals surface area contributed by atoms with Gasteiger partial charge < -0.3 is 30.4 Å². The van der Waals surface area contributed by atoms with Crippen molar-refractivity contribution in [2.75, 3.05) is 31.3 Å². The summed E-state index contributed by atoms with van der Waals surface area (Å²) in [6.45, 7) is -0.651. The van der Waals surface area contributed by atoms with Gasteiger partial charge in [-0.05, 0) is 66.2 Å². The lowest BCUT2D eigenvalue weighted by molar-refractivity contribution is -0.185. The largest absolute Gasteiger partial charge is 0.493 e. The predicted molar refractivity (Wildman–Crippen MR) is 144 cm³/mol. The van der Waals surface area contributed by atoms with Crippen LogP contribution in [0.5, 0.6) is 11.5 Å². The number of hydrogen-bond acceptors (Lipinski definition) is 8. The lowest BCUT2D eigenvalue weighted by Gasteiger charge is -2.18. The van der Waals surface area contributed by atoms with Crippen LogP contribution in [0.15, 0.2) is 72.8 Å². The number of carbonyl (C=O) groups excluding carboxylic acids is 2. The number of anilines is 2. The molecule has 3 aromatic rings. The number of hydrogen-bond donors (Lipinski definition) is 2. The Kier molecular flexibility index (Phi) is 10.7. The Morgan fingerprint density at radius 3 is 1.98 bits per heavy atom. The van der Waals surface area contributed by atoms with Crippen LogP contribution in [-0.2, 0) is 20.4 Å². The van der Waals surface area contributed by atoms with Crippen LogP contribution in [0.1, 0.15) is 34.3 Å². The molecule has 0 aliphatic carbocycles. The fraction of sp³-hybridized carbons (Fsp3) is 0.241. The van der Waals surface area contributed by atoms with Gasteiger partial charge in [-0.25, -0.2) is 9.59 Å². The van der Waals surface area contributed by atoms with Crippen molar-refractivity contribution < 1.29 is 50.5 Å². The molecule has 3 rings (SSSR count). The number of carbonyl (C=O) groups is 2. The van der Waals surface area contributed by atoms with Gasteiger partial charge in [0.1, 0.15) is 11.5 Å².